The molecule has 3 amide bonds. The van der Waals surface area contributed by atoms with Crippen molar-refractivity contribution >= 4 is 45.3 Å². The molecule has 0 fully saturated rings. The Kier molecular flexibility index (Phi) is 5.09. The first-order valence-corrected chi connectivity index (χ1v) is 7.69. The molecule has 0 aliphatic carbocycles. The second-order valence-corrected chi connectivity index (χ2v) is 6.23. The number of imide groups is 1. The molecule has 0 aliphatic heterocycles. The van der Waals surface area contributed by atoms with E-state index in [4.69, 9.17) is 11.0 Å². The Morgan fingerprint density at radius 1 is 1.32 bits per heavy atom. The van der Waals surface area contributed by atoms with E-state index in [0.717, 1.165) is 19.8 Å². The minimum absolute atomic E-state index is 0.179. The summed E-state index contributed by atoms with van der Waals surface area (Å²) in [5.74, 6) is -0.813. The molecule has 2 aromatic rings. The second kappa shape index (κ2) is 7.02. The summed E-state index contributed by atoms with van der Waals surface area (Å²) < 4.78 is 0.967. The van der Waals surface area contributed by atoms with Crippen molar-refractivity contribution in [3.8, 4) is 16.5 Å². The van der Waals surface area contributed by atoms with Gasteiger partial charge in [-0.1, -0.05) is 28.1 Å². The number of urea groups is 1. The summed E-state index contributed by atoms with van der Waals surface area (Å²) in [4.78, 5) is 24.0. The van der Waals surface area contributed by atoms with Crippen LogP contribution in [0.25, 0.3) is 16.5 Å². The van der Waals surface area contributed by atoms with Crippen LogP contribution in [0.4, 0.5) is 4.79 Å². The molecule has 0 atom stereocenters. The Labute approximate surface area is 139 Å². The third-order valence-corrected chi connectivity index (χ3v) is 4.20. The van der Waals surface area contributed by atoms with E-state index in [1.165, 1.54) is 17.4 Å². The number of nitriles is 1. The van der Waals surface area contributed by atoms with Gasteiger partial charge in [-0.25, -0.2) is 4.79 Å². The highest BCUT2D eigenvalue weighted by molar-refractivity contribution is 9.10. The number of carbonyl (C=O) groups excluding carboxylic acids is 2. The third kappa shape index (κ3) is 4.04. The Hall–Kier alpha value is -2.43. The number of nitrogens with zero attached hydrogens (tertiary/aromatic N) is 1. The van der Waals surface area contributed by atoms with Crippen molar-refractivity contribution in [3.63, 3.8) is 0 Å². The van der Waals surface area contributed by atoms with Crippen LogP contribution in [0.2, 0.25) is 0 Å². The van der Waals surface area contributed by atoms with Gasteiger partial charge in [-0.2, -0.15) is 5.26 Å². The summed E-state index contributed by atoms with van der Waals surface area (Å²) in [5, 5.41) is 10.9. The van der Waals surface area contributed by atoms with E-state index in [1.807, 2.05) is 35.6 Å². The number of carbonyl (C=O) groups is 2. The minimum atomic E-state index is -0.993. The van der Waals surface area contributed by atoms with Gasteiger partial charge >= 0.3 is 6.03 Å². The van der Waals surface area contributed by atoms with Gasteiger partial charge in [-0.3, -0.25) is 10.1 Å². The average Bonchev–Trinajstić information content (AvgIpc) is 2.92. The second-order valence-electron chi connectivity index (χ2n) is 4.20. The van der Waals surface area contributed by atoms with Crippen LogP contribution in [-0.4, -0.2) is 11.9 Å². The molecule has 0 radical (unpaired) electrons. The fourth-order valence-corrected chi connectivity index (χ4v) is 3.04. The van der Waals surface area contributed by atoms with Gasteiger partial charge in [0.1, 0.15) is 11.6 Å². The summed E-state index contributed by atoms with van der Waals surface area (Å²) in [6.07, 6.45) is 1.42. The van der Waals surface area contributed by atoms with E-state index < -0.39 is 11.9 Å². The van der Waals surface area contributed by atoms with Crippen LogP contribution in [0.3, 0.4) is 0 Å². The zero-order chi connectivity index (χ0) is 16.1. The van der Waals surface area contributed by atoms with Gasteiger partial charge in [-0.15, -0.1) is 11.3 Å². The number of halogens is 1. The molecule has 0 spiro atoms. The van der Waals surface area contributed by atoms with Crippen molar-refractivity contribution in [1.82, 2.24) is 5.32 Å². The lowest BCUT2D eigenvalue weighted by atomic mass is 10.2. The van der Waals surface area contributed by atoms with E-state index in [9.17, 15) is 9.59 Å². The molecule has 3 N–H and O–H groups in total. The van der Waals surface area contributed by atoms with Gasteiger partial charge in [0.2, 0.25) is 0 Å². The van der Waals surface area contributed by atoms with Crippen molar-refractivity contribution < 1.29 is 9.59 Å². The minimum Gasteiger partial charge on any atom is -0.351 e. The molecule has 0 unspecified atom stereocenters. The van der Waals surface area contributed by atoms with Crippen LogP contribution >= 0.6 is 27.3 Å². The SMILES string of the molecule is N#CC(=Cc1ccc(-c2cccc(Br)c2)s1)C(=O)NC(N)=O. The molecule has 110 valence electrons. The summed E-state index contributed by atoms with van der Waals surface area (Å²) in [7, 11) is 0. The van der Waals surface area contributed by atoms with Crippen LogP contribution in [-0.2, 0) is 4.79 Å². The molecule has 0 bridgehead atoms. The smallest absolute Gasteiger partial charge is 0.319 e. The molecule has 1 aromatic carbocycles. The normalized spacial score (nSPS) is 10.8. The fourth-order valence-electron chi connectivity index (χ4n) is 1.70. The molecule has 7 heteroatoms. The standard InChI is InChI=1S/C15H10BrN3O2S/c16-11-3-1-2-9(6-11)13-5-4-12(22-13)7-10(8-17)14(20)19-15(18)21/h1-7H,(H3,18,19,20,21). The highest BCUT2D eigenvalue weighted by Crippen LogP contribution is 2.30. The van der Waals surface area contributed by atoms with Crippen molar-refractivity contribution in [2.75, 3.05) is 0 Å². The number of thiophene rings is 1. The van der Waals surface area contributed by atoms with Gasteiger partial charge in [0.05, 0.1) is 0 Å². The lowest BCUT2D eigenvalue weighted by molar-refractivity contribution is -0.115. The molecule has 0 saturated heterocycles. The number of hydrogen-bond acceptors (Lipinski definition) is 4. The first-order chi connectivity index (χ1) is 10.5. The largest absolute Gasteiger partial charge is 0.351 e. The van der Waals surface area contributed by atoms with E-state index in [-0.39, 0.29) is 5.57 Å². The molecular weight excluding hydrogens is 366 g/mol. The van der Waals surface area contributed by atoms with E-state index >= 15 is 0 Å². The zero-order valence-electron chi connectivity index (χ0n) is 11.2. The molecule has 5 nitrogen and oxygen atoms in total. The molecule has 1 heterocycles. The molecular formula is C15H10BrN3O2S. The maximum Gasteiger partial charge on any atom is 0.319 e. The first-order valence-electron chi connectivity index (χ1n) is 6.08. The van der Waals surface area contributed by atoms with E-state index in [2.05, 4.69) is 15.9 Å². The van der Waals surface area contributed by atoms with Gasteiger partial charge in [0.25, 0.3) is 5.91 Å². The van der Waals surface area contributed by atoms with Gasteiger partial charge in [-0.05, 0) is 35.9 Å². The van der Waals surface area contributed by atoms with E-state index in [0.29, 0.717) is 0 Å². The number of hydrogen-bond donors (Lipinski definition) is 2. The van der Waals surface area contributed by atoms with E-state index in [1.54, 1.807) is 12.1 Å². The average molecular weight is 376 g/mol. The highest BCUT2D eigenvalue weighted by Gasteiger charge is 2.11. The lowest BCUT2D eigenvalue weighted by Gasteiger charge is -1.98. The maximum atomic E-state index is 11.6. The van der Waals surface area contributed by atoms with Crippen LogP contribution in [0.15, 0.2) is 46.4 Å². The Bertz CT molecular complexity index is 805. The maximum absolute atomic E-state index is 11.6. The van der Waals surface area contributed by atoms with Crippen molar-refractivity contribution in [2.24, 2.45) is 5.73 Å². The highest BCUT2D eigenvalue weighted by atomic mass is 79.9. The number of amides is 3. The molecule has 0 aliphatic rings. The van der Waals surface area contributed by atoms with Crippen molar-refractivity contribution in [1.29, 1.82) is 5.26 Å². The van der Waals surface area contributed by atoms with Gasteiger partial charge in [0.15, 0.2) is 0 Å². The number of nitrogens with two attached hydrogens (primary N) is 1. The predicted octanol–water partition coefficient (Wildman–Crippen LogP) is 3.28. The Morgan fingerprint density at radius 2 is 2.09 bits per heavy atom. The van der Waals surface area contributed by atoms with Crippen LogP contribution in [0.1, 0.15) is 4.88 Å². The van der Waals surface area contributed by atoms with Crippen molar-refractivity contribution in [3.05, 3.63) is 51.3 Å². The number of rotatable bonds is 3. The quantitative estimate of drug-likeness (QED) is 0.636. The number of benzene rings is 1. The summed E-state index contributed by atoms with van der Waals surface area (Å²) in [5.41, 5.74) is 5.71. The van der Waals surface area contributed by atoms with Crippen LogP contribution in [0.5, 0.6) is 0 Å². The number of primary amides is 1. The fraction of sp³-hybridized carbons (Fsp3) is 0. The summed E-state index contributed by atoms with van der Waals surface area (Å²) >= 11 is 4.84. The Balaban J connectivity index is 2.27. The molecule has 22 heavy (non-hydrogen) atoms. The summed E-state index contributed by atoms with van der Waals surface area (Å²) in [6, 6.07) is 12.3. The van der Waals surface area contributed by atoms with Gasteiger partial charge < -0.3 is 5.73 Å². The molecule has 0 saturated carbocycles. The lowest BCUT2D eigenvalue weighted by Crippen LogP contribution is -2.35. The molecule has 1 aromatic heterocycles. The number of nitrogens with one attached hydrogen (secondary N) is 1. The monoisotopic (exact) mass is 375 g/mol. The first kappa shape index (κ1) is 15.9. The summed E-state index contributed by atoms with van der Waals surface area (Å²) in [6.45, 7) is 0. The van der Waals surface area contributed by atoms with Crippen LogP contribution in [0, 0.1) is 11.3 Å². The molecule has 2 rings (SSSR count). The van der Waals surface area contributed by atoms with Gasteiger partial charge in [0, 0.05) is 14.2 Å². The zero-order valence-corrected chi connectivity index (χ0v) is 13.6. The Morgan fingerprint density at radius 3 is 2.73 bits per heavy atom. The predicted molar refractivity (Wildman–Crippen MR) is 88.8 cm³/mol. The van der Waals surface area contributed by atoms with Crippen LogP contribution < -0.4 is 11.1 Å². The van der Waals surface area contributed by atoms with Crippen molar-refractivity contribution in [2.45, 2.75) is 0 Å². The third-order valence-electron chi connectivity index (χ3n) is 2.62. The topological polar surface area (TPSA) is 96.0 Å².